The number of thiophene rings is 2. The number of allylic oxidation sites excluding steroid dienone is 2. The summed E-state index contributed by atoms with van der Waals surface area (Å²) in [6, 6.07) is 45.9. The molecule has 4 heteroatoms. The van der Waals surface area contributed by atoms with Crippen molar-refractivity contribution in [1.82, 2.24) is 9.13 Å². The molecule has 10 aromatic rings. The van der Waals surface area contributed by atoms with Crippen LogP contribution in [0.4, 0.5) is 0 Å². The number of aryl methyl sites for hydroxylation is 2. The van der Waals surface area contributed by atoms with Crippen molar-refractivity contribution >= 4 is 97.0 Å². The Hall–Kier alpha value is -5.68. The molecule has 2 nitrogen and oxygen atoms in total. The Bertz CT molecular complexity index is 2980. The molecule has 0 aliphatic heterocycles. The molecular weight excluding hydrogens is 669 g/mol. The molecule has 2 aliphatic carbocycles. The maximum absolute atomic E-state index is 2.46. The highest BCUT2D eigenvalue weighted by Gasteiger charge is 2.21. The molecule has 0 unspecified atom stereocenters. The second kappa shape index (κ2) is 10.9. The lowest BCUT2D eigenvalue weighted by Gasteiger charge is -2.12. The summed E-state index contributed by atoms with van der Waals surface area (Å²) in [5, 5.41) is 8.09. The molecule has 2 aliphatic rings. The Morgan fingerprint density at radius 3 is 1.31 bits per heavy atom. The van der Waals surface area contributed by atoms with Crippen molar-refractivity contribution in [3.05, 3.63) is 156 Å². The number of hydrogen-bond donors (Lipinski definition) is 0. The van der Waals surface area contributed by atoms with Crippen molar-refractivity contribution in [3.63, 3.8) is 0 Å². The largest absolute Gasteiger partial charge is 0.310 e. The summed E-state index contributed by atoms with van der Waals surface area (Å²) in [5.41, 5.74) is 13.2. The van der Waals surface area contributed by atoms with E-state index in [-0.39, 0.29) is 0 Å². The first-order chi connectivity index (χ1) is 25.8. The van der Waals surface area contributed by atoms with E-state index in [0.717, 1.165) is 25.7 Å². The van der Waals surface area contributed by atoms with Crippen molar-refractivity contribution in [1.29, 1.82) is 0 Å². The van der Waals surface area contributed by atoms with Crippen LogP contribution in [-0.2, 0) is 12.8 Å². The predicted molar refractivity (Wildman–Crippen MR) is 226 cm³/mol. The minimum Gasteiger partial charge on any atom is -0.310 e. The first-order valence-electron chi connectivity index (χ1n) is 18.3. The average molecular weight is 701 g/mol. The van der Waals surface area contributed by atoms with Gasteiger partial charge in [0, 0.05) is 73.9 Å². The van der Waals surface area contributed by atoms with E-state index in [1.165, 1.54) is 107 Å². The second-order valence-electron chi connectivity index (χ2n) is 14.3. The van der Waals surface area contributed by atoms with Gasteiger partial charge in [0.25, 0.3) is 0 Å². The lowest BCUT2D eigenvalue weighted by molar-refractivity contribution is 0.968. The van der Waals surface area contributed by atoms with E-state index >= 15 is 0 Å². The van der Waals surface area contributed by atoms with Gasteiger partial charge in [0.2, 0.25) is 0 Å². The molecule has 52 heavy (non-hydrogen) atoms. The van der Waals surface area contributed by atoms with Crippen LogP contribution in [-0.4, -0.2) is 9.13 Å². The normalized spacial score (nSPS) is 14.1. The van der Waals surface area contributed by atoms with Crippen LogP contribution in [0.5, 0.6) is 0 Å². The van der Waals surface area contributed by atoms with Crippen molar-refractivity contribution in [3.8, 4) is 22.5 Å². The first kappa shape index (κ1) is 29.0. The van der Waals surface area contributed by atoms with Gasteiger partial charge in [0.15, 0.2) is 0 Å². The minimum absolute atomic E-state index is 1.10. The first-order valence-corrected chi connectivity index (χ1v) is 19.9. The number of aromatic nitrogens is 2. The zero-order valence-corrected chi connectivity index (χ0v) is 30.0. The van der Waals surface area contributed by atoms with E-state index in [1.54, 1.807) is 0 Å². The molecule has 0 saturated heterocycles. The quantitative estimate of drug-likeness (QED) is 0.174. The van der Waals surface area contributed by atoms with Crippen LogP contribution in [0.1, 0.15) is 35.4 Å². The third-order valence-corrected chi connectivity index (χ3v) is 13.7. The van der Waals surface area contributed by atoms with Gasteiger partial charge in [0.1, 0.15) is 0 Å². The van der Waals surface area contributed by atoms with Crippen LogP contribution in [0.2, 0.25) is 0 Å². The van der Waals surface area contributed by atoms with Gasteiger partial charge in [-0.1, -0.05) is 84.9 Å². The highest BCUT2D eigenvalue weighted by Crippen LogP contribution is 2.42. The molecule has 4 heterocycles. The molecule has 6 aromatic carbocycles. The molecule has 0 atom stereocenters. The topological polar surface area (TPSA) is 9.86 Å². The number of para-hydroxylation sites is 2. The number of rotatable bonds is 3. The van der Waals surface area contributed by atoms with Crippen LogP contribution in [0, 0.1) is 0 Å². The van der Waals surface area contributed by atoms with Crippen molar-refractivity contribution in [2.24, 2.45) is 0 Å². The molecule has 0 bridgehead atoms. The van der Waals surface area contributed by atoms with Crippen LogP contribution in [0.3, 0.4) is 0 Å². The van der Waals surface area contributed by atoms with E-state index in [1.807, 2.05) is 22.7 Å². The number of benzene rings is 6. The highest BCUT2D eigenvalue weighted by atomic mass is 32.1. The summed E-state index contributed by atoms with van der Waals surface area (Å²) in [6.07, 6.45) is 13.7. The molecule has 0 N–H and O–H groups in total. The third kappa shape index (κ3) is 4.11. The monoisotopic (exact) mass is 700 g/mol. The fourth-order valence-corrected chi connectivity index (χ4v) is 11.5. The van der Waals surface area contributed by atoms with Gasteiger partial charge in [-0.2, -0.15) is 0 Å². The maximum Gasteiger partial charge on any atom is 0.0537 e. The smallest absolute Gasteiger partial charge is 0.0537 e. The fraction of sp³-hybridized carbons (Fsp3) is 0.0833. The fourth-order valence-electron chi connectivity index (χ4n) is 9.10. The van der Waals surface area contributed by atoms with Crippen LogP contribution in [0.15, 0.2) is 133 Å². The number of nitrogens with zero attached hydrogens (tertiary/aromatic N) is 2. The van der Waals surface area contributed by atoms with Crippen LogP contribution >= 0.6 is 22.7 Å². The van der Waals surface area contributed by atoms with E-state index in [9.17, 15) is 0 Å². The Morgan fingerprint density at radius 2 is 0.827 bits per heavy atom. The summed E-state index contributed by atoms with van der Waals surface area (Å²) in [4.78, 5) is 0. The van der Waals surface area contributed by atoms with Crippen molar-refractivity contribution in [2.45, 2.75) is 25.7 Å². The summed E-state index contributed by atoms with van der Waals surface area (Å²) in [5.74, 6) is 0. The molecule has 0 amide bonds. The Kier molecular flexibility index (Phi) is 6.08. The SMILES string of the molecule is C1=Cc2c(c3ccccc3n2-c2ccc3c(c2)sc2cc(-c4ccc5c(c4)sc4cc(-n6c7c(c8ccccc86)CCC=C7)ccc45)ccc23)CC1. The molecule has 0 fully saturated rings. The van der Waals surface area contributed by atoms with Gasteiger partial charge >= 0.3 is 0 Å². The summed E-state index contributed by atoms with van der Waals surface area (Å²) < 4.78 is 10.3. The Balaban J connectivity index is 0.939. The molecule has 0 saturated carbocycles. The van der Waals surface area contributed by atoms with E-state index in [4.69, 9.17) is 0 Å². The van der Waals surface area contributed by atoms with E-state index in [2.05, 4.69) is 155 Å². The summed E-state index contributed by atoms with van der Waals surface area (Å²) in [7, 11) is 0. The second-order valence-corrected chi connectivity index (χ2v) is 16.5. The van der Waals surface area contributed by atoms with Gasteiger partial charge in [-0.3, -0.25) is 0 Å². The molecular formula is C48H32N2S2. The van der Waals surface area contributed by atoms with Gasteiger partial charge < -0.3 is 9.13 Å². The van der Waals surface area contributed by atoms with Crippen LogP contribution < -0.4 is 0 Å². The lowest BCUT2D eigenvalue weighted by atomic mass is 10.0. The predicted octanol–water partition coefficient (Wildman–Crippen LogP) is 13.9. The molecule has 0 radical (unpaired) electrons. The van der Waals surface area contributed by atoms with Gasteiger partial charge in [-0.25, -0.2) is 0 Å². The average Bonchev–Trinajstić information content (AvgIpc) is 3.94. The highest BCUT2D eigenvalue weighted by molar-refractivity contribution is 7.26. The number of fused-ring (bicyclic) bond motifs is 12. The van der Waals surface area contributed by atoms with Crippen LogP contribution in [0.25, 0.3) is 96.8 Å². The summed E-state index contributed by atoms with van der Waals surface area (Å²) >= 11 is 3.81. The van der Waals surface area contributed by atoms with Crippen molar-refractivity contribution < 1.29 is 0 Å². The van der Waals surface area contributed by atoms with Gasteiger partial charge in [-0.15, -0.1) is 22.7 Å². The third-order valence-electron chi connectivity index (χ3n) is 11.5. The van der Waals surface area contributed by atoms with E-state index in [0.29, 0.717) is 0 Å². The Labute approximate surface area is 308 Å². The molecule has 4 aromatic heterocycles. The van der Waals surface area contributed by atoms with Crippen molar-refractivity contribution in [2.75, 3.05) is 0 Å². The molecule has 12 rings (SSSR count). The Morgan fingerprint density at radius 1 is 0.404 bits per heavy atom. The van der Waals surface area contributed by atoms with E-state index < -0.39 is 0 Å². The summed E-state index contributed by atoms with van der Waals surface area (Å²) in [6.45, 7) is 0. The molecule has 0 spiro atoms. The maximum atomic E-state index is 2.46. The van der Waals surface area contributed by atoms with Gasteiger partial charge in [0.05, 0.1) is 11.0 Å². The zero-order chi connectivity index (χ0) is 33.9. The minimum atomic E-state index is 1.10. The number of hydrogen-bond acceptors (Lipinski definition) is 2. The lowest BCUT2D eigenvalue weighted by Crippen LogP contribution is -1.99. The van der Waals surface area contributed by atoms with Gasteiger partial charge in [-0.05, 0) is 109 Å². The molecule has 246 valence electrons. The zero-order valence-electron chi connectivity index (χ0n) is 28.4. The standard InChI is InChI=1S/C48H32N2S2/c1-5-13-41-33(9-1)34-10-2-6-14-42(34)49(41)31-19-23-39-37-21-17-29(25-45(37)51-47(39)27-31)30-18-22-38-40-24-20-32(28-48(40)52-46(38)26-30)50-43-15-7-3-11-35(43)36-12-4-8-16-44(36)50/h1,3,5-9,11,13-28H,2,4,10,12H2.